The molecule has 90 valence electrons. The van der Waals surface area contributed by atoms with E-state index in [0.29, 0.717) is 0 Å². The third-order valence-electron chi connectivity index (χ3n) is 3.60. The second-order valence-corrected chi connectivity index (χ2v) is 4.73. The second-order valence-electron chi connectivity index (χ2n) is 4.73. The molecular formula is C18H18. The van der Waals surface area contributed by atoms with Crippen molar-refractivity contribution in [1.29, 1.82) is 0 Å². The first-order valence-corrected chi connectivity index (χ1v) is 6.24. The lowest BCUT2D eigenvalue weighted by molar-refractivity contribution is 1.20. The molecule has 0 unspecified atom stereocenters. The minimum atomic E-state index is 1.06. The number of rotatable bonds is 0. The van der Waals surface area contributed by atoms with Crippen molar-refractivity contribution in [2.24, 2.45) is 0 Å². The van der Waals surface area contributed by atoms with E-state index in [1.54, 1.807) is 0 Å². The molecule has 0 saturated carbocycles. The number of hydrogen-bond acceptors (Lipinski definition) is 0. The zero-order valence-corrected chi connectivity index (χ0v) is 11.5. The fraction of sp³-hybridized carbons (Fsp3) is 0.222. The standard InChI is InChI=1S/C18H18/c1-13-12-18(16(4)15(3)14(13)2)11-10-17-8-6-5-7-9-17/h5-9,12H,1-4H3. The van der Waals surface area contributed by atoms with E-state index in [4.69, 9.17) is 0 Å². The maximum atomic E-state index is 3.29. The van der Waals surface area contributed by atoms with Gasteiger partial charge in [0.1, 0.15) is 0 Å². The average molecular weight is 234 g/mol. The lowest BCUT2D eigenvalue weighted by Gasteiger charge is -2.10. The summed E-state index contributed by atoms with van der Waals surface area (Å²) in [4.78, 5) is 0. The highest BCUT2D eigenvalue weighted by Crippen LogP contribution is 2.20. The van der Waals surface area contributed by atoms with Crippen LogP contribution in [0.25, 0.3) is 0 Å². The Bertz CT molecular complexity index is 623. The van der Waals surface area contributed by atoms with E-state index < -0.39 is 0 Å². The van der Waals surface area contributed by atoms with Gasteiger partial charge in [0, 0.05) is 11.1 Å². The van der Waals surface area contributed by atoms with Crippen molar-refractivity contribution in [3.63, 3.8) is 0 Å². The Labute approximate surface area is 110 Å². The zero-order valence-electron chi connectivity index (χ0n) is 11.5. The quantitative estimate of drug-likeness (QED) is 0.595. The molecule has 0 amide bonds. The van der Waals surface area contributed by atoms with Crippen LogP contribution in [0.4, 0.5) is 0 Å². The van der Waals surface area contributed by atoms with Crippen LogP contribution in [-0.4, -0.2) is 0 Å². The van der Waals surface area contributed by atoms with Gasteiger partial charge in [0.2, 0.25) is 0 Å². The first-order chi connectivity index (χ1) is 8.59. The lowest BCUT2D eigenvalue weighted by atomic mass is 9.95. The van der Waals surface area contributed by atoms with E-state index in [-0.39, 0.29) is 0 Å². The van der Waals surface area contributed by atoms with E-state index in [1.165, 1.54) is 22.3 Å². The average Bonchev–Trinajstić information content (AvgIpc) is 2.40. The van der Waals surface area contributed by atoms with Crippen molar-refractivity contribution in [3.8, 4) is 11.8 Å². The molecule has 2 rings (SSSR count). The van der Waals surface area contributed by atoms with E-state index in [2.05, 4.69) is 45.6 Å². The highest BCUT2D eigenvalue weighted by atomic mass is 14.1. The van der Waals surface area contributed by atoms with Crippen LogP contribution in [0.15, 0.2) is 36.4 Å². The predicted molar refractivity (Wildman–Crippen MR) is 77.8 cm³/mol. The summed E-state index contributed by atoms with van der Waals surface area (Å²) in [5.41, 5.74) is 7.54. The Morgan fingerprint density at radius 2 is 1.39 bits per heavy atom. The summed E-state index contributed by atoms with van der Waals surface area (Å²) in [5.74, 6) is 6.51. The van der Waals surface area contributed by atoms with Gasteiger partial charge < -0.3 is 0 Å². The highest BCUT2D eigenvalue weighted by Gasteiger charge is 2.04. The Morgan fingerprint density at radius 1 is 0.722 bits per heavy atom. The third-order valence-corrected chi connectivity index (χ3v) is 3.60. The predicted octanol–water partition coefficient (Wildman–Crippen LogP) is 4.32. The van der Waals surface area contributed by atoms with Crippen LogP contribution in [0.3, 0.4) is 0 Å². The monoisotopic (exact) mass is 234 g/mol. The molecule has 0 nitrogen and oxygen atoms in total. The maximum Gasteiger partial charge on any atom is 0.0283 e. The molecule has 0 saturated heterocycles. The van der Waals surface area contributed by atoms with Crippen LogP contribution in [0.5, 0.6) is 0 Å². The molecule has 18 heavy (non-hydrogen) atoms. The Kier molecular flexibility index (Phi) is 3.53. The van der Waals surface area contributed by atoms with Gasteiger partial charge in [0.25, 0.3) is 0 Å². The molecule has 0 heteroatoms. The van der Waals surface area contributed by atoms with Crippen LogP contribution >= 0.6 is 0 Å². The van der Waals surface area contributed by atoms with E-state index >= 15 is 0 Å². The van der Waals surface area contributed by atoms with Gasteiger partial charge in [-0.2, -0.15) is 0 Å². The van der Waals surface area contributed by atoms with Crippen LogP contribution in [0, 0.1) is 39.5 Å². The maximum absolute atomic E-state index is 3.29. The second kappa shape index (κ2) is 5.10. The topological polar surface area (TPSA) is 0 Å². The largest absolute Gasteiger partial charge is 0.0622 e. The van der Waals surface area contributed by atoms with Crippen molar-refractivity contribution < 1.29 is 0 Å². The highest BCUT2D eigenvalue weighted by molar-refractivity contribution is 5.52. The smallest absolute Gasteiger partial charge is 0.0283 e. The normalized spacial score (nSPS) is 9.78. The molecule has 0 aliphatic rings. The van der Waals surface area contributed by atoms with Crippen molar-refractivity contribution in [2.45, 2.75) is 27.7 Å². The summed E-state index contributed by atoms with van der Waals surface area (Å²) in [6.07, 6.45) is 0. The number of hydrogen-bond donors (Lipinski definition) is 0. The van der Waals surface area contributed by atoms with Crippen molar-refractivity contribution in [3.05, 3.63) is 69.8 Å². The Hall–Kier alpha value is -2.00. The molecule has 0 fully saturated rings. The molecule has 0 radical (unpaired) electrons. The molecule has 0 atom stereocenters. The van der Waals surface area contributed by atoms with E-state index in [1.807, 2.05) is 30.3 Å². The van der Waals surface area contributed by atoms with Crippen molar-refractivity contribution >= 4 is 0 Å². The minimum Gasteiger partial charge on any atom is -0.0622 e. The lowest BCUT2D eigenvalue weighted by Crippen LogP contribution is -1.94. The fourth-order valence-electron chi connectivity index (χ4n) is 2.00. The fourth-order valence-corrected chi connectivity index (χ4v) is 2.00. The molecule has 0 heterocycles. The molecule has 0 aliphatic heterocycles. The molecule has 0 aliphatic carbocycles. The van der Waals surface area contributed by atoms with Crippen LogP contribution in [0.2, 0.25) is 0 Å². The van der Waals surface area contributed by atoms with Gasteiger partial charge in [-0.25, -0.2) is 0 Å². The molecule has 0 bridgehead atoms. The first-order valence-electron chi connectivity index (χ1n) is 6.24. The summed E-state index contributed by atoms with van der Waals surface area (Å²) in [7, 11) is 0. The summed E-state index contributed by atoms with van der Waals surface area (Å²) in [6, 6.07) is 12.3. The van der Waals surface area contributed by atoms with Crippen LogP contribution in [0.1, 0.15) is 33.4 Å². The minimum absolute atomic E-state index is 1.06. The molecule has 2 aromatic rings. The Balaban J connectivity index is 2.46. The van der Waals surface area contributed by atoms with E-state index in [9.17, 15) is 0 Å². The number of benzene rings is 2. The van der Waals surface area contributed by atoms with Crippen LogP contribution < -0.4 is 0 Å². The van der Waals surface area contributed by atoms with Crippen LogP contribution in [-0.2, 0) is 0 Å². The third kappa shape index (κ3) is 2.46. The zero-order chi connectivity index (χ0) is 13.1. The van der Waals surface area contributed by atoms with E-state index in [0.717, 1.165) is 11.1 Å². The summed E-state index contributed by atoms with van der Waals surface area (Å²) in [6.45, 7) is 8.64. The SMILES string of the molecule is Cc1cc(C#Cc2ccccc2)c(C)c(C)c1C. The molecule has 0 N–H and O–H groups in total. The van der Waals surface area contributed by atoms with Gasteiger partial charge in [0.05, 0.1) is 0 Å². The van der Waals surface area contributed by atoms with Gasteiger partial charge in [-0.05, 0) is 68.1 Å². The number of aryl methyl sites for hydroxylation is 1. The molecule has 2 aromatic carbocycles. The molecular weight excluding hydrogens is 216 g/mol. The van der Waals surface area contributed by atoms with Gasteiger partial charge >= 0.3 is 0 Å². The summed E-state index contributed by atoms with van der Waals surface area (Å²) in [5, 5.41) is 0. The molecule has 0 aromatic heterocycles. The first kappa shape index (κ1) is 12.5. The molecule has 0 spiro atoms. The Morgan fingerprint density at radius 3 is 2.06 bits per heavy atom. The van der Waals surface area contributed by atoms with Gasteiger partial charge in [0.15, 0.2) is 0 Å². The van der Waals surface area contributed by atoms with Gasteiger partial charge in [-0.3, -0.25) is 0 Å². The van der Waals surface area contributed by atoms with Crippen molar-refractivity contribution in [2.75, 3.05) is 0 Å². The van der Waals surface area contributed by atoms with Gasteiger partial charge in [-0.1, -0.05) is 30.0 Å². The van der Waals surface area contributed by atoms with Gasteiger partial charge in [-0.15, -0.1) is 0 Å². The van der Waals surface area contributed by atoms with Crippen molar-refractivity contribution in [1.82, 2.24) is 0 Å². The summed E-state index contributed by atoms with van der Waals surface area (Å²) >= 11 is 0. The summed E-state index contributed by atoms with van der Waals surface area (Å²) < 4.78 is 0.